The van der Waals surface area contributed by atoms with Gasteiger partial charge in [-0.25, -0.2) is 4.79 Å². The fraction of sp³-hybridized carbons (Fsp3) is 0.500. The van der Waals surface area contributed by atoms with Gasteiger partial charge < -0.3 is 10.5 Å². The molecule has 0 aliphatic heterocycles. The summed E-state index contributed by atoms with van der Waals surface area (Å²) in [7, 11) is 1.40. The first kappa shape index (κ1) is 12.1. The van der Waals surface area contributed by atoms with Crippen molar-refractivity contribution in [3.8, 4) is 0 Å². The maximum absolute atomic E-state index is 11.3. The summed E-state index contributed by atoms with van der Waals surface area (Å²) >= 11 is 0. The van der Waals surface area contributed by atoms with Crippen LogP contribution in [0.4, 0.5) is 0 Å². The molecule has 3 nitrogen and oxygen atoms in total. The molecule has 1 aromatic carbocycles. The van der Waals surface area contributed by atoms with Gasteiger partial charge in [-0.1, -0.05) is 25.0 Å². The van der Waals surface area contributed by atoms with Crippen molar-refractivity contribution in [3.63, 3.8) is 0 Å². The standard InChI is InChI=1S/C14H19NO2/c1-17-14(16)11-8-6-10(7-9-11)12-4-2-3-5-13(12)15/h6-9,12-13H,2-5,15H2,1H3. The van der Waals surface area contributed by atoms with Crippen molar-refractivity contribution >= 4 is 5.97 Å². The van der Waals surface area contributed by atoms with Crippen LogP contribution in [0.25, 0.3) is 0 Å². The van der Waals surface area contributed by atoms with Crippen LogP contribution in [0.2, 0.25) is 0 Å². The third-order valence-corrected chi connectivity index (χ3v) is 3.58. The van der Waals surface area contributed by atoms with E-state index in [4.69, 9.17) is 5.73 Å². The summed E-state index contributed by atoms with van der Waals surface area (Å²) in [5.41, 5.74) is 7.98. The molecule has 1 aliphatic rings. The van der Waals surface area contributed by atoms with Crippen molar-refractivity contribution in [2.75, 3.05) is 7.11 Å². The second-order valence-electron chi connectivity index (χ2n) is 4.67. The molecule has 1 saturated carbocycles. The Morgan fingerprint density at radius 1 is 1.24 bits per heavy atom. The SMILES string of the molecule is COC(=O)c1ccc(C2CCCCC2N)cc1. The Balaban J connectivity index is 2.14. The molecule has 0 spiro atoms. The number of carbonyl (C=O) groups is 1. The summed E-state index contributed by atoms with van der Waals surface area (Å²) in [4.78, 5) is 11.3. The molecule has 2 unspecified atom stereocenters. The first-order valence-corrected chi connectivity index (χ1v) is 6.16. The highest BCUT2D eigenvalue weighted by atomic mass is 16.5. The zero-order valence-corrected chi connectivity index (χ0v) is 10.2. The molecule has 2 rings (SSSR count). The summed E-state index contributed by atoms with van der Waals surface area (Å²) in [6.07, 6.45) is 4.73. The van der Waals surface area contributed by atoms with Gasteiger partial charge in [-0.15, -0.1) is 0 Å². The van der Waals surface area contributed by atoms with Crippen molar-refractivity contribution in [1.29, 1.82) is 0 Å². The van der Waals surface area contributed by atoms with Crippen LogP contribution >= 0.6 is 0 Å². The number of ether oxygens (including phenoxy) is 1. The lowest BCUT2D eigenvalue weighted by Crippen LogP contribution is -2.31. The zero-order valence-electron chi connectivity index (χ0n) is 10.2. The Hall–Kier alpha value is -1.35. The number of esters is 1. The van der Waals surface area contributed by atoms with Gasteiger partial charge in [0.05, 0.1) is 12.7 Å². The van der Waals surface area contributed by atoms with Gasteiger partial charge in [0.25, 0.3) is 0 Å². The second kappa shape index (κ2) is 5.32. The highest BCUT2D eigenvalue weighted by molar-refractivity contribution is 5.89. The smallest absolute Gasteiger partial charge is 0.337 e. The molecule has 3 heteroatoms. The van der Waals surface area contributed by atoms with Crippen molar-refractivity contribution in [2.45, 2.75) is 37.6 Å². The van der Waals surface area contributed by atoms with Crippen molar-refractivity contribution in [3.05, 3.63) is 35.4 Å². The van der Waals surface area contributed by atoms with Gasteiger partial charge in [0.15, 0.2) is 0 Å². The first-order chi connectivity index (χ1) is 8.22. The van der Waals surface area contributed by atoms with E-state index in [1.165, 1.54) is 25.5 Å². The summed E-state index contributed by atoms with van der Waals surface area (Å²) in [6.45, 7) is 0. The van der Waals surface area contributed by atoms with E-state index in [1.54, 1.807) is 0 Å². The Morgan fingerprint density at radius 2 is 1.88 bits per heavy atom. The quantitative estimate of drug-likeness (QED) is 0.798. The predicted molar refractivity (Wildman–Crippen MR) is 67.0 cm³/mol. The Labute approximate surface area is 102 Å². The molecule has 0 heterocycles. The van der Waals surface area contributed by atoms with E-state index < -0.39 is 0 Å². The van der Waals surface area contributed by atoms with E-state index in [9.17, 15) is 4.79 Å². The molecule has 1 fully saturated rings. The topological polar surface area (TPSA) is 52.3 Å². The minimum Gasteiger partial charge on any atom is -0.465 e. The molecule has 0 amide bonds. The summed E-state index contributed by atoms with van der Waals surface area (Å²) < 4.78 is 4.68. The lowest BCUT2D eigenvalue weighted by atomic mass is 9.80. The Morgan fingerprint density at radius 3 is 2.47 bits per heavy atom. The number of benzene rings is 1. The van der Waals surface area contributed by atoms with Crippen molar-refractivity contribution < 1.29 is 9.53 Å². The van der Waals surface area contributed by atoms with E-state index in [0.29, 0.717) is 11.5 Å². The number of methoxy groups -OCH3 is 1. The van der Waals surface area contributed by atoms with E-state index in [0.717, 1.165) is 12.8 Å². The molecule has 0 aromatic heterocycles. The monoisotopic (exact) mass is 233 g/mol. The zero-order chi connectivity index (χ0) is 12.3. The third kappa shape index (κ3) is 2.67. The summed E-state index contributed by atoms with van der Waals surface area (Å²) in [5.74, 6) is 0.153. The lowest BCUT2D eigenvalue weighted by Gasteiger charge is -2.28. The summed E-state index contributed by atoms with van der Waals surface area (Å²) in [5, 5.41) is 0. The number of hydrogen-bond donors (Lipinski definition) is 1. The minimum absolute atomic E-state index is 0.257. The molecule has 1 aromatic rings. The van der Waals surface area contributed by atoms with Crippen LogP contribution in [-0.4, -0.2) is 19.1 Å². The van der Waals surface area contributed by atoms with Crippen molar-refractivity contribution in [1.82, 2.24) is 0 Å². The van der Waals surface area contributed by atoms with Crippen LogP contribution < -0.4 is 5.73 Å². The molecular weight excluding hydrogens is 214 g/mol. The Bertz CT molecular complexity index is 386. The molecule has 1 aliphatic carbocycles. The molecule has 0 radical (unpaired) electrons. The minimum atomic E-state index is -0.288. The maximum atomic E-state index is 11.3. The highest BCUT2D eigenvalue weighted by Gasteiger charge is 2.23. The molecule has 0 bridgehead atoms. The fourth-order valence-corrected chi connectivity index (χ4v) is 2.56. The van der Waals surface area contributed by atoms with E-state index >= 15 is 0 Å². The lowest BCUT2D eigenvalue weighted by molar-refractivity contribution is 0.0600. The van der Waals surface area contributed by atoms with Crippen LogP contribution in [0.1, 0.15) is 47.5 Å². The number of rotatable bonds is 2. The molecule has 0 saturated heterocycles. The highest BCUT2D eigenvalue weighted by Crippen LogP contribution is 2.31. The second-order valence-corrected chi connectivity index (χ2v) is 4.67. The first-order valence-electron chi connectivity index (χ1n) is 6.16. The molecule has 2 N–H and O–H groups in total. The van der Waals surface area contributed by atoms with Gasteiger partial charge in [0.1, 0.15) is 0 Å². The van der Waals surface area contributed by atoms with Crippen LogP contribution in [0.5, 0.6) is 0 Å². The van der Waals surface area contributed by atoms with Crippen molar-refractivity contribution in [2.24, 2.45) is 5.73 Å². The van der Waals surface area contributed by atoms with Crippen LogP contribution in [0, 0.1) is 0 Å². The molecule has 92 valence electrons. The third-order valence-electron chi connectivity index (χ3n) is 3.58. The number of nitrogens with two attached hydrogens (primary N) is 1. The van der Waals surface area contributed by atoms with Crippen LogP contribution in [-0.2, 0) is 4.74 Å². The van der Waals surface area contributed by atoms with Gasteiger partial charge in [-0.2, -0.15) is 0 Å². The molecule has 17 heavy (non-hydrogen) atoms. The van der Waals surface area contributed by atoms with Gasteiger partial charge in [0, 0.05) is 6.04 Å². The normalized spacial score (nSPS) is 24.4. The van der Waals surface area contributed by atoms with Gasteiger partial charge in [-0.05, 0) is 36.5 Å². The van der Waals surface area contributed by atoms with Gasteiger partial charge in [-0.3, -0.25) is 0 Å². The number of carbonyl (C=O) groups excluding carboxylic acids is 1. The fourth-order valence-electron chi connectivity index (χ4n) is 2.56. The van der Waals surface area contributed by atoms with Crippen LogP contribution in [0.3, 0.4) is 0 Å². The van der Waals surface area contributed by atoms with E-state index in [-0.39, 0.29) is 12.0 Å². The average Bonchev–Trinajstić information content (AvgIpc) is 2.39. The summed E-state index contributed by atoms with van der Waals surface area (Å²) in [6, 6.07) is 7.91. The number of hydrogen-bond acceptors (Lipinski definition) is 3. The predicted octanol–water partition coefficient (Wildman–Crippen LogP) is 2.46. The Kier molecular flexibility index (Phi) is 3.79. The molecule has 2 atom stereocenters. The van der Waals surface area contributed by atoms with E-state index in [2.05, 4.69) is 4.74 Å². The van der Waals surface area contributed by atoms with E-state index in [1.807, 2.05) is 24.3 Å². The largest absolute Gasteiger partial charge is 0.465 e. The maximum Gasteiger partial charge on any atom is 0.337 e. The average molecular weight is 233 g/mol. The van der Waals surface area contributed by atoms with Gasteiger partial charge in [0.2, 0.25) is 0 Å². The van der Waals surface area contributed by atoms with Crippen LogP contribution in [0.15, 0.2) is 24.3 Å². The van der Waals surface area contributed by atoms with Gasteiger partial charge >= 0.3 is 5.97 Å². The molecular formula is C14H19NO2.